The Labute approximate surface area is 156 Å². The predicted octanol–water partition coefficient (Wildman–Crippen LogP) is 5.47. The molecule has 1 aromatic heterocycles. The SMILES string of the molecule is CCOc1ccccc1-c1ncc(CN2CCCC(C(C)(C)C)C2)s1. The van der Waals surface area contributed by atoms with Crippen LogP contribution in [-0.2, 0) is 6.54 Å². The molecule has 0 bridgehead atoms. The summed E-state index contributed by atoms with van der Waals surface area (Å²) in [6.07, 6.45) is 4.71. The van der Waals surface area contributed by atoms with Crippen LogP contribution in [0.4, 0.5) is 0 Å². The van der Waals surface area contributed by atoms with Gasteiger partial charge in [0.15, 0.2) is 0 Å². The summed E-state index contributed by atoms with van der Waals surface area (Å²) in [5.41, 5.74) is 1.50. The van der Waals surface area contributed by atoms with Crippen molar-refractivity contribution in [3.05, 3.63) is 35.3 Å². The number of hydrogen-bond donors (Lipinski definition) is 0. The van der Waals surface area contributed by atoms with Crippen molar-refractivity contribution in [2.75, 3.05) is 19.7 Å². The zero-order valence-corrected chi connectivity index (χ0v) is 16.7. The molecule has 3 nitrogen and oxygen atoms in total. The maximum absolute atomic E-state index is 5.76. The van der Waals surface area contributed by atoms with E-state index < -0.39 is 0 Å². The minimum absolute atomic E-state index is 0.397. The van der Waals surface area contributed by atoms with Crippen LogP contribution in [0.5, 0.6) is 5.75 Å². The Morgan fingerprint density at radius 3 is 2.84 bits per heavy atom. The first-order valence-electron chi connectivity index (χ1n) is 9.36. The Morgan fingerprint density at radius 1 is 1.28 bits per heavy atom. The second-order valence-corrected chi connectivity index (χ2v) is 9.12. The van der Waals surface area contributed by atoms with E-state index in [1.54, 1.807) is 11.3 Å². The number of hydrogen-bond acceptors (Lipinski definition) is 4. The van der Waals surface area contributed by atoms with Crippen LogP contribution in [-0.4, -0.2) is 29.6 Å². The molecular formula is C21H30N2OS. The topological polar surface area (TPSA) is 25.4 Å². The monoisotopic (exact) mass is 358 g/mol. The second kappa shape index (κ2) is 7.88. The molecule has 0 amide bonds. The van der Waals surface area contributed by atoms with E-state index in [4.69, 9.17) is 4.74 Å². The zero-order valence-electron chi connectivity index (χ0n) is 15.9. The van der Waals surface area contributed by atoms with E-state index in [1.807, 2.05) is 25.3 Å². The van der Waals surface area contributed by atoms with E-state index in [0.29, 0.717) is 12.0 Å². The average Bonchev–Trinajstić information content (AvgIpc) is 3.03. The summed E-state index contributed by atoms with van der Waals surface area (Å²) < 4.78 is 5.76. The molecular weight excluding hydrogens is 328 g/mol. The van der Waals surface area contributed by atoms with Gasteiger partial charge in [0.1, 0.15) is 10.8 Å². The molecule has 4 heteroatoms. The number of thiazole rings is 1. The van der Waals surface area contributed by atoms with Crippen molar-refractivity contribution >= 4 is 11.3 Å². The van der Waals surface area contributed by atoms with Gasteiger partial charge < -0.3 is 4.74 Å². The van der Waals surface area contributed by atoms with Crippen LogP contribution in [0.2, 0.25) is 0 Å². The van der Waals surface area contributed by atoms with Crippen molar-refractivity contribution in [3.8, 4) is 16.3 Å². The molecule has 25 heavy (non-hydrogen) atoms. The highest BCUT2D eigenvalue weighted by Crippen LogP contribution is 2.36. The van der Waals surface area contributed by atoms with Crippen LogP contribution in [0.25, 0.3) is 10.6 Å². The molecule has 1 atom stereocenters. The Hall–Kier alpha value is -1.39. The van der Waals surface area contributed by atoms with Gasteiger partial charge in [0.05, 0.1) is 12.2 Å². The van der Waals surface area contributed by atoms with E-state index in [9.17, 15) is 0 Å². The number of likely N-dealkylation sites (tertiary alicyclic amines) is 1. The van der Waals surface area contributed by atoms with Crippen molar-refractivity contribution in [1.29, 1.82) is 0 Å². The Morgan fingerprint density at radius 2 is 2.08 bits per heavy atom. The van der Waals surface area contributed by atoms with Gasteiger partial charge in [0.2, 0.25) is 0 Å². The standard InChI is InChI=1S/C21H30N2OS/c1-5-24-19-11-7-6-10-18(19)20-22-13-17(25-20)15-23-12-8-9-16(14-23)21(2,3)4/h6-7,10-11,13,16H,5,8-9,12,14-15H2,1-4H3. The second-order valence-electron chi connectivity index (χ2n) is 8.00. The number of ether oxygens (including phenoxy) is 1. The number of rotatable bonds is 5. The van der Waals surface area contributed by atoms with Gasteiger partial charge in [0.25, 0.3) is 0 Å². The fraction of sp³-hybridized carbons (Fsp3) is 0.571. The summed E-state index contributed by atoms with van der Waals surface area (Å²) in [4.78, 5) is 8.62. The molecule has 3 rings (SSSR count). The van der Waals surface area contributed by atoms with Gasteiger partial charge in [-0.05, 0) is 49.8 Å². The van der Waals surface area contributed by atoms with Gasteiger partial charge in [-0.25, -0.2) is 4.98 Å². The molecule has 1 aliphatic rings. The molecule has 2 heterocycles. The van der Waals surface area contributed by atoms with Crippen molar-refractivity contribution in [3.63, 3.8) is 0 Å². The molecule has 0 saturated carbocycles. The fourth-order valence-corrected chi connectivity index (χ4v) is 4.54. The first-order chi connectivity index (χ1) is 12.0. The lowest BCUT2D eigenvalue weighted by Crippen LogP contribution is -2.39. The van der Waals surface area contributed by atoms with E-state index in [2.05, 4.69) is 42.8 Å². The normalized spacial score (nSPS) is 19.1. The van der Waals surface area contributed by atoms with Gasteiger partial charge in [0, 0.05) is 24.2 Å². The summed E-state index contributed by atoms with van der Waals surface area (Å²) in [6, 6.07) is 8.20. The molecule has 1 saturated heterocycles. The fourth-order valence-electron chi connectivity index (χ4n) is 3.56. The van der Waals surface area contributed by atoms with Crippen LogP contribution >= 0.6 is 11.3 Å². The van der Waals surface area contributed by atoms with Crippen LogP contribution in [0, 0.1) is 11.3 Å². The summed E-state index contributed by atoms with van der Waals surface area (Å²) in [5.74, 6) is 1.71. The maximum atomic E-state index is 5.76. The highest BCUT2D eigenvalue weighted by Gasteiger charge is 2.29. The summed E-state index contributed by atoms with van der Waals surface area (Å²) in [6.45, 7) is 13.2. The van der Waals surface area contributed by atoms with Crippen LogP contribution in [0.3, 0.4) is 0 Å². The smallest absolute Gasteiger partial charge is 0.129 e. The molecule has 0 spiro atoms. The number of para-hydroxylation sites is 1. The highest BCUT2D eigenvalue weighted by atomic mass is 32.1. The number of aromatic nitrogens is 1. The zero-order chi connectivity index (χ0) is 17.9. The first kappa shape index (κ1) is 18.4. The number of nitrogens with zero attached hydrogens (tertiary/aromatic N) is 2. The van der Waals surface area contributed by atoms with Gasteiger partial charge in [-0.3, -0.25) is 4.90 Å². The van der Waals surface area contributed by atoms with Crippen molar-refractivity contribution in [2.24, 2.45) is 11.3 Å². The summed E-state index contributed by atoms with van der Waals surface area (Å²) >= 11 is 1.80. The number of benzene rings is 1. The first-order valence-corrected chi connectivity index (χ1v) is 10.2. The summed E-state index contributed by atoms with van der Waals surface area (Å²) in [5, 5.41) is 1.06. The van der Waals surface area contributed by atoms with E-state index >= 15 is 0 Å². The Bertz CT molecular complexity index is 689. The highest BCUT2D eigenvalue weighted by molar-refractivity contribution is 7.15. The molecule has 1 unspecified atom stereocenters. The summed E-state index contributed by atoms with van der Waals surface area (Å²) in [7, 11) is 0. The van der Waals surface area contributed by atoms with Gasteiger partial charge >= 0.3 is 0 Å². The lowest BCUT2D eigenvalue weighted by atomic mass is 9.76. The van der Waals surface area contributed by atoms with E-state index in [0.717, 1.165) is 28.8 Å². The Kier molecular flexibility index (Phi) is 5.80. The average molecular weight is 359 g/mol. The molecule has 0 radical (unpaired) electrons. The minimum atomic E-state index is 0.397. The Balaban J connectivity index is 1.70. The third-order valence-electron chi connectivity index (χ3n) is 5.08. The minimum Gasteiger partial charge on any atom is -0.493 e. The van der Waals surface area contributed by atoms with E-state index in [1.165, 1.54) is 30.8 Å². The third-order valence-corrected chi connectivity index (χ3v) is 6.10. The lowest BCUT2D eigenvalue weighted by Gasteiger charge is -2.39. The largest absolute Gasteiger partial charge is 0.493 e. The van der Waals surface area contributed by atoms with Crippen LogP contribution in [0.1, 0.15) is 45.4 Å². The van der Waals surface area contributed by atoms with Crippen LogP contribution in [0.15, 0.2) is 30.5 Å². The third kappa shape index (κ3) is 4.62. The molecule has 1 fully saturated rings. The van der Waals surface area contributed by atoms with Crippen LogP contribution < -0.4 is 4.74 Å². The molecule has 0 aliphatic carbocycles. The molecule has 136 valence electrons. The quantitative estimate of drug-likeness (QED) is 0.709. The molecule has 2 aromatic rings. The maximum Gasteiger partial charge on any atom is 0.129 e. The van der Waals surface area contributed by atoms with Gasteiger partial charge in [-0.2, -0.15) is 0 Å². The van der Waals surface area contributed by atoms with Crippen molar-refractivity contribution in [1.82, 2.24) is 9.88 Å². The lowest BCUT2D eigenvalue weighted by molar-refractivity contribution is 0.0950. The van der Waals surface area contributed by atoms with Gasteiger partial charge in [-0.15, -0.1) is 11.3 Å². The van der Waals surface area contributed by atoms with Crippen molar-refractivity contribution < 1.29 is 4.74 Å². The molecule has 1 aliphatic heterocycles. The predicted molar refractivity (Wildman–Crippen MR) is 106 cm³/mol. The molecule has 1 aromatic carbocycles. The molecule has 0 N–H and O–H groups in total. The van der Waals surface area contributed by atoms with E-state index in [-0.39, 0.29) is 0 Å². The number of piperidine rings is 1. The van der Waals surface area contributed by atoms with Crippen molar-refractivity contribution in [2.45, 2.75) is 47.1 Å². The van der Waals surface area contributed by atoms with Gasteiger partial charge in [-0.1, -0.05) is 32.9 Å².